The van der Waals surface area contributed by atoms with Gasteiger partial charge in [0, 0.05) is 23.6 Å². The summed E-state index contributed by atoms with van der Waals surface area (Å²) in [5.41, 5.74) is 7.03. The first-order valence-corrected chi connectivity index (χ1v) is 11.0. The van der Waals surface area contributed by atoms with Crippen LogP contribution in [0, 0.1) is 11.3 Å². The summed E-state index contributed by atoms with van der Waals surface area (Å²) in [4.78, 5) is 24.0. The average Bonchev–Trinajstić information content (AvgIpc) is 3.31. The summed E-state index contributed by atoms with van der Waals surface area (Å²) in [6.07, 6.45) is 1.93. The predicted molar refractivity (Wildman–Crippen MR) is 115 cm³/mol. The fourth-order valence-corrected chi connectivity index (χ4v) is 5.52. The lowest BCUT2D eigenvalue weighted by atomic mass is 9.44. The molecule has 1 atom stereocenters. The van der Waals surface area contributed by atoms with Crippen molar-refractivity contribution in [3.63, 3.8) is 0 Å². The minimum atomic E-state index is -4.49. The number of nitrogens with two attached hydrogens (primary N) is 1. The largest absolute Gasteiger partial charge is 0.416 e. The molecule has 1 amide bonds. The fourth-order valence-electron chi connectivity index (χ4n) is 5.52. The minimum Gasteiger partial charge on any atom is -0.399 e. The molecule has 3 saturated carbocycles. The van der Waals surface area contributed by atoms with Gasteiger partial charge in [0.2, 0.25) is 11.7 Å². The Hall–Kier alpha value is -3.30. The maximum atomic E-state index is 13.3. The molecule has 0 radical (unpaired) electrons. The molecule has 3 fully saturated rings. The van der Waals surface area contributed by atoms with E-state index in [1.165, 1.54) is 6.07 Å². The van der Waals surface area contributed by atoms with Crippen LogP contribution in [0.15, 0.2) is 30.6 Å². The maximum absolute atomic E-state index is 13.3. The standard InChI is InChI=1S/C23H23F3N6O/c1-12(14-4-15(23(24,25)26)6-16(27)5-14)29-19-17-10-31(20(33)22-7-13(8-22)9-22)11-18(17)32-3-2-28-21(32)30-19/h2-6,12-13H,7-11,27H2,1H3,(H,28,29,30). The number of alkyl halides is 3. The highest BCUT2D eigenvalue weighted by molar-refractivity contribution is 5.86. The monoisotopic (exact) mass is 456 g/mol. The number of hydrogen-bond donors (Lipinski definition) is 2. The number of hydrogen-bond acceptors (Lipinski definition) is 5. The van der Waals surface area contributed by atoms with Crippen LogP contribution in [-0.2, 0) is 24.1 Å². The van der Waals surface area contributed by atoms with Crippen molar-refractivity contribution in [1.29, 1.82) is 0 Å². The van der Waals surface area contributed by atoms with Crippen molar-refractivity contribution in [2.24, 2.45) is 11.3 Å². The number of aromatic nitrogens is 3. The molecule has 33 heavy (non-hydrogen) atoms. The van der Waals surface area contributed by atoms with E-state index < -0.39 is 17.8 Å². The number of fused-ring (bicyclic) bond motifs is 3. The molecule has 2 bridgehead atoms. The Kier molecular flexibility index (Phi) is 4.07. The number of amides is 1. The highest BCUT2D eigenvalue weighted by Crippen LogP contribution is 2.65. The Balaban J connectivity index is 1.33. The van der Waals surface area contributed by atoms with Crippen LogP contribution in [0.25, 0.3) is 5.78 Å². The van der Waals surface area contributed by atoms with E-state index >= 15 is 0 Å². The lowest BCUT2D eigenvalue weighted by Gasteiger charge is -2.61. The van der Waals surface area contributed by atoms with Crippen LogP contribution in [0.3, 0.4) is 0 Å². The molecule has 1 aromatic carbocycles. The van der Waals surface area contributed by atoms with Crippen molar-refractivity contribution in [3.8, 4) is 0 Å². The Labute approximate surface area is 187 Å². The summed E-state index contributed by atoms with van der Waals surface area (Å²) >= 11 is 0. The quantitative estimate of drug-likeness (QED) is 0.576. The first-order valence-electron chi connectivity index (χ1n) is 11.0. The van der Waals surface area contributed by atoms with Gasteiger partial charge in [0.1, 0.15) is 5.82 Å². The number of imidazole rings is 1. The second-order valence-electron chi connectivity index (χ2n) is 9.65. The van der Waals surface area contributed by atoms with E-state index in [1.54, 1.807) is 13.1 Å². The zero-order valence-electron chi connectivity index (χ0n) is 18.0. The molecule has 3 N–H and O–H groups in total. The van der Waals surface area contributed by atoms with Gasteiger partial charge in [-0.3, -0.25) is 9.20 Å². The third-order valence-electron chi connectivity index (χ3n) is 7.38. The predicted octanol–water partition coefficient (Wildman–Crippen LogP) is 4.15. The molecular weight excluding hydrogens is 433 g/mol. The van der Waals surface area contributed by atoms with Crippen LogP contribution in [0.5, 0.6) is 0 Å². The van der Waals surface area contributed by atoms with E-state index in [0.717, 1.165) is 42.7 Å². The van der Waals surface area contributed by atoms with Crippen molar-refractivity contribution >= 4 is 23.2 Å². The van der Waals surface area contributed by atoms with Gasteiger partial charge in [-0.05, 0) is 55.9 Å². The summed E-state index contributed by atoms with van der Waals surface area (Å²) in [5, 5.41) is 3.26. The van der Waals surface area contributed by atoms with Crippen LogP contribution in [0.2, 0.25) is 0 Å². The molecule has 7 rings (SSSR count). The third-order valence-corrected chi connectivity index (χ3v) is 7.38. The van der Waals surface area contributed by atoms with Crippen LogP contribution < -0.4 is 11.1 Å². The number of nitrogens with one attached hydrogen (secondary N) is 1. The second-order valence-corrected chi connectivity index (χ2v) is 9.65. The Morgan fingerprint density at radius 1 is 1.24 bits per heavy atom. The van der Waals surface area contributed by atoms with Crippen molar-refractivity contribution < 1.29 is 18.0 Å². The summed E-state index contributed by atoms with van der Waals surface area (Å²) < 4.78 is 41.7. The van der Waals surface area contributed by atoms with E-state index in [0.29, 0.717) is 36.2 Å². The van der Waals surface area contributed by atoms with E-state index in [4.69, 9.17) is 5.73 Å². The molecule has 2 aromatic heterocycles. The third kappa shape index (κ3) is 3.07. The van der Waals surface area contributed by atoms with Gasteiger partial charge in [-0.1, -0.05) is 0 Å². The van der Waals surface area contributed by atoms with Gasteiger partial charge < -0.3 is 16.0 Å². The van der Waals surface area contributed by atoms with Crippen LogP contribution in [-0.4, -0.2) is 25.2 Å². The number of carbonyl (C=O) groups is 1. The number of carbonyl (C=O) groups excluding carboxylic acids is 1. The fraction of sp³-hybridized carbons (Fsp3) is 0.435. The highest BCUT2D eigenvalue weighted by atomic mass is 19.4. The average molecular weight is 456 g/mol. The number of benzene rings is 1. The van der Waals surface area contributed by atoms with Crippen LogP contribution in [0.1, 0.15) is 54.6 Å². The van der Waals surface area contributed by atoms with Gasteiger partial charge in [-0.15, -0.1) is 0 Å². The summed E-state index contributed by atoms with van der Waals surface area (Å²) in [5.74, 6) is 1.91. The first-order chi connectivity index (χ1) is 15.6. The lowest BCUT2D eigenvalue weighted by molar-refractivity contribution is -0.177. The van der Waals surface area contributed by atoms with E-state index in [9.17, 15) is 18.0 Å². The molecule has 3 aliphatic carbocycles. The first kappa shape index (κ1) is 20.3. The van der Waals surface area contributed by atoms with Gasteiger partial charge in [0.15, 0.2) is 0 Å². The Morgan fingerprint density at radius 3 is 2.67 bits per heavy atom. The van der Waals surface area contributed by atoms with Gasteiger partial charge in [-0.2, -0.15) is 18.2 Å². The molecule has 0 saturated heterocycles. The molecular formula is C23H23F3N6O. The SMILES string of the molecule is CC(Nc1nc2nccn2c2c1CN(C(=O)C13CC(C1)C3)C2)c1cc(N)cc(C(F)(F)F)c1. The molecule has 7 nitrogen and oxygen atoms in total. The number of nitrogens with zero attached hydrogens (tertiary/aromatic N) is 4. The maximum Gasteiger partial charge on any atom is 0.416 e. The van der Waals surface area contributed by atoms with Crippen molar-refractivity contribution in [1.82, 2.24) is 19.3 Å². The molecule has 172 valence electrons. The molecule has 1 aliphatic heterocycles. The molecule has 3 heterocycles. The highest BCUT2D eigenvalue weighted by Gasteiger charge is 2.62. The van der Waals surface area contributed by atoms with E-state index in [-0.39, 0.29) is 17.0 Å². The number of nitrogen functional groups attached to an aromatic ring is 1. The topological polar surface area (TPSA) is 88.5 Å². The van der Waals surface area contributed by atoms with Gasteiger partial charge >= 0.3 is 6.18 Å². The summed E-state index contributed by atoms with van der Waals surface area (Å²) in [7, 11) is 0. The van der Waals surface area contributed by atoms with Crippen molar-refractivity contribution in [2.45, 2.75) is 51.5 Å². The van der Waals surface area contributed by atoms with Gasteiger partial charge in [0.05, 0.1) is 35.8 Å². The molecule has 3 aromatic rings. The van der Waals surface area contributed by atoms with E-state index in [2.05, 4.69) is 15.3 Å². The molecule has 10 heteroatoms. The zero-order valence-corrected chi connectivity index (χ0v) is 18.0. The number of anilines is 2. The van der Waals surface area contributed by atoms with Gasteiger partial charge in [-0.25, -0.2) is 4.98 Å². The lowest BCUT2D eigenvalue weighted by Crippen LogP contribution is -2.60. The van der Waals surface area contributed by atoms with Gasteiger partial charge in [0.25, 0.3) is 0 Å². The normalized spacial score (nSPS) is 24.2. The van der Waals surface area contributed by atoms with Crippen molar-refractivity contribution in [3.05, 3.63) is 53.0 Å². The van der Waals surface area contributed by atoms with Crippen LogP contribution in [0.4, 0.5) is 24.7 Å². The van der Waals surface area contributed by atoms with E-state index in [1.807, 2.05) is 15.5 Å². The zero-order chi connectivity index (χ0) is 23.1. The van der Waals surface area contributed by atoms with Crippen LogP contribution >= 0.6 is 0 Å². The molecule has 0 spiro atoms. The minimum absolute atomic E-state index is 0.0469. The summed E-state index contributed by atoms with van der Waals surface area (Å²) in [6, 6.07) is 3.06. The van der Waals surface area contributed by atoms with Crippen molar-refractivity contribution in [2.75, 3.05) is 11.1 Å². The Morgan fingerprint density at radius 2 is 2.00 bits per heavy atom. The number of halogens is 3. The molecule has 1 unspecified atom stereocenters. The Bertz CT molecular complexity index is 1280. The molecule has 4 aliphatic rings. The second kappa shape index (κ2) is 6.61. The number of rotatable bonds is 4. The smallest absolute Gasteiger partial charge is 0.399 e. The summed E-state index contributed by atoms with van der Waals surface area (Å²) in [6.45, 7) is 2.65.